The summed E-state index contributed by atoms with van der Waals surface area (Å²) in [5.74, 6) is 0.301. The van der Waals surface area contributed by atoms with Crippen LogP contribution in [0.4, 0.5) is 4.39 Å². The van der Waals surface area contributed by atoms with Crippen molar-refractivity contribution in [2.24, 2.45) is 0 Å². The van der Waals surface area contributed by atoms with Gasteiger partial charge in [-0.25, -0.2) is 4.39 Å². The highest BCUT2D eigenvalue weighted by Crippen LogP contribution is 2.22. The Kier molecular flexibility index (Phi) is 6.65. The first-order chi connectivity index (χ1) is 10.7. The van der Waals surface area contributed by atoms with E-state index < -0.39 is 0 Å². The number of aliphatic hydroxyl groups excluding tert-OH is 1. The Morgan fingerprint density at radius 2 is 2.00 bits per heavy atom. The molecule has 3 nitrogen and oxygen atoms in total. The highest BCUT2D eigenvalue weighted by molar-refractivity contribution is 6.31. The molecule has 0 aromatic heterocycles. The molecule has 0 unspecified atom stereocenters. The van der Waals surface area contributed by atoms with E-state index in [9.17, 15) is 4.39 Å². The summed E-state index contributed by atoms with van der Waals surface area (Å²) in [6.45, 7) is 1.72. The lowest BCUT2D eigenvalue weighted by Crippen LogP contribution is -2.15. The average molecular weight is 324 g/mol. The molecule has 5 heteroatoms. The minimum atomic E-state index is -0.366. The molecule has 0 aliphatic carbocycles. The normalized spacial score (nSPS) is 10.7. The van der Waals surface area contributed by atoms with E-state index in [1.54, 1.807) is 12.1 Å². The van der Waals surface area contributed by atoms with Gasteiger partial charge in [-0.15, -0.1) is 0 Å². The molecule has 0 fully saturated rings. The van der Waals surface area contributed by atoms with Gasteiger partial charge in [0.15, 0.2) is 0 Å². The highest BCUT2D eigenvalue weighted by Gasteiger charge is 2.07. The molecule has 0 bridgehead atoms. The number of halogens is 2. The van der Waals surface area contributed by atoms with E-state index in [0.717, 1.165) is 18.5 Å². The van der Waals surface area contributed by atoms with Crippen molar-refractivity contribution in [1.29, 1.82) is 0 Å². The molecule has 22 heavy (non-hydrogen) atoms. The summed E-state index contributed by atoms with van der Waals surface area (Å²) in [7, 11) is 0. The third-order valence-electron chi connectivity index (χ3n) is 3.18. The Morgan fingerprint density at radius 3 is 2.77 bits per heavy atom. The number of aliphatic hydroxyl groups is 1. The summed E-state index contributed by atoms with van der Waals surface area (Å²) in [4.78, 5) is 0. The van der Waals surface area contributed by atoms with Gasteiger partial charge < -0.3 is 15.2 Å². The van der Waals surface area contributed by atoms with Crippen molar-refractivity contribution in [1.82, 2.24) is 5.32 Å². The second-order valence-corrected chi connectivity index (χ2v) is 5.30. The zero-order chi connectivity index (χ0) is 15.8. The number of hydrogen-bond acceptors (Lipinski definition) is 3. The fourth-order valence-electron chi connectivity index (χ4n) is 2.01. The maximum Gasteiger partial charge on any atom is 0.131 e. The SMILES string of the molecule is OCCCNCc1cccc(OCc2c(F)cccc2Cl)c1. The Labute approximate surface area is 134 Å². The minimum Gasteiger partial charge on any atom is -0.489 e. The molecular formula is C17H19ClFNO2. The van der Waals surface area contributed by atoms with Crippen LogP contribution < -0.4 is 10.1 Å². The second kappa shape index (κ2) is 8.73. The van der Waals surface area contributed by atoms with Gasteiger partial charge in [0.1, 0.15) is 18.2 Å². The van der Waals surface area contributed by atoms with E-state index in [2.05, 4.69) is 5.32 Å². The first-order valence-corrected chi connectivity index (χ1v) is 7.54. The predicted molar refractivity (Wildman–Crippen MR) is 85.6 cm³/mol. The standard InChI is InChI=1S/C17H19ClFNO2/c18-16-6-2-7-17(19)15(16)12-22-14-5-1-4-13(10-14)11-20-8-3-9-21/h1-2,4-7,10,20-21H,3,8-9,11-12H2. The number of rotatable bonds is 8. The van der Waals surface area contributed by atoms with Gasteiger partial charge >= 0.3 is 0 Å². The molecular weight excluding hydrogens is 305 g/mol. The van der Waals surface area contributed by atoms with Gasteiger partial charge in [-0.2, -0.15) is 0 Å². The zero-order valence-corrected chi connectivity index (χ0v) is 12.9. The number of hydrogen-bond donors (Lipinski definition) is 2. The Hall–Kier alpha value is -1.62. The first kappa shape index (κ1) is 16.7. The van der Waals surface area contributed by atoms with Crippen molar-refractivity contribution in [2.75, 3.05) is 13.2 Å². The molecule has 0 aliphatic rings. The van der Waals surface area contributed by atoms with Gasteiger partial charge in [-0.05, 0) is 42.8 Å². The molecule has 0 spiro atoms. The van der Waals surface area contributed by atoms with Crippen LogP contribution in [0.5, 0.6) is 5.75 Å². The first-order valence-electron chi connectivity index (χ1n) is 7.17. The second-order valence-electron chi connectivity index (χ2n) is 4.89. The van der Waals surface area contributed by atoms with E-state index in [0.29, 0.717) is 22.9 Å². The Balaban J connectivity index is 1.93. The molecule has 0 heterocycles. The molecule has 0 amide bonds. The van der Waals surface area contributed by atoms with Gasteiger partial charge in [0.05, 0.1) is 5.02 Å². The molecule has 2 rings (SSSR count). The lowest BCUT2D eigenvalue weighted by Gasteiger charge is -2.10. The summed E-state index contributed by atoms with van der Waals surface area (Å²) < 4.78 is 19.3. The van der Waals surface area contributed by atoms with Crippen LogP contribution in [-0.2, 0) is 13.2 Å². The molecule has 0 atom stereocenters. The van der Waals surface area contributed by atoms with Crippen LogP contribution in [0.2, 0.25) is 5.02 Å². The van der Waals surface area contributed by atoms with E-state index in [-0.39, 0.29) is 19.0 Å². The Morgan fingerprint density at radius 1 is 1.18 bits per heavy atom. The molecule has 0 aliphatic heterocycles. The van der Waals surface area contributed by atoms with Crippen molar-refractivity contribution in [3.8, 4) is 5.75 Å². The van der Waals surface area contributed by atoms with E-state index in [1.165, 1.54) is 6.07 Å². The van der Waals surface area contributed by atoms with E-state index in [4.69, 9.17) is 21.4 Å². The van der Waals surface area contributed by atoms with E-state index >= 15 is 0 Å². The van der Waals surface area contributed by atoms with Crippen LogP contribution in [0, 0.1) is 5.82 Å². The fourth-order valence-corrected chi connectivity index (χ4v) is 2.23. The molecule has 2 aromatic rings. The van der Waals surface area contributed by atoms with Gasteiger partial charge in [-0.1, -0.05) is 29.8 Å². The molecule has 2 aromatic carbocycles. The minimum absolute atomic E-state index is 0.0902. The number of ether oxygens (including phenoxy) is 1. The summed E-state index contributed by atoms with van der Waals surface area (Å²) in [6.07, 6.45) is 0.724. The lowest BCUT2D eigenvalue weighted by atomic mass is 10.2. The third kappa shape index (κ3) is 4.98. The third-order valence-corrected chi connectivity index (χ3v) is 3.54. The van der Waals surface area contributed by atoms with Crippen LogP contribution in [0.25, 0.3) is 0 Å². The van der Waals surface area contributed by atoms with Gasteiger partial charge in [-0.3, -0.25) is 0 Å². The molecule has 118 valence electrons. The zero-order valence-electron chi connectivity index (χ0n) is 12.2. The van der Waals surface area contributed by atoms with Gasteiger partial charge in [0.25, 0.3) is 0 Å². The molecule has 0 radical (unpaired) electrons. The van der Waals surface area contributed by atoms with Crippen molar-refractivity contribution in [2.45, 2.75) is 19.6 Å². The van der Waals surface area contributed by atoms with E-state index in [1.807, 2.05) is 24.3 Å². The summed E-state index contributed by atoms with van der Waals surface area (Å²) >= 11 is 5.97. The molecule has 0 saturated heterocycles. The van der Waals surface area contributed by atoms with Crippen molar-refractivity contribution in [3.63, 3.8) is 0 Å². The smallest absolute Gasteiger partial charge is 0.131 e. The summed E-state index contributed by atoms with van der Waals surface area (Å²) in [5.41, 5.74) is 1.42. The van der Waals surface area contributed by atoms with Crippen LogP contribution >= 0.6 is 11.6 Å². The van der Waals surface area contributed by atoms with Crippen LogP contribution in [0.1, 0.15) is 17.5 Å². The van der Waals surface area contributed by atoms with Crippen molar-refractivity contribution in [3.05, 3.63) is 64.4 Å². The summed E-state index contributed by atoms with van der Waals surface area (Å²) in [6, 6.07) is 12.2. The fraction of sp³-hybridized carbons (Fsp3) is 0.294. The highest BCUT2D eigenvalue weighted by atomic mass is 35.5. The lowest BCUT2D eigenvalue weighted by molar-refractivity contribution is 0.286. The van der Waals surface area contributed by atoms with Gasteiger partial charge in [0.2, 0.25) is 0 Å². The van der Waals surface area contributed by atoms with Crippen LogP contribution in [0.15, 0.2) is 42.5 Å². The predicted octanol–water partition coefficient (Wildman–Crippen LogP) is 3.53. The largest absolute Gasteiger partial charge is 0.489 e. The van der Waals surface area contributed by atoms with Crippen molar-refractivity contribution < 1.29 is 14.2 Å². The number of benzene rings is 2. The Bertz CT molecular complexity index is 587. The monoisotopic (exact) mass is 323 g/mol. The maximum atomic E-state index is 13.7. The molecule has 2 N–H and O–H groups in total. The van der Waals surface area contributed by atoms with Crippen LogP contribution in [0.3, 0.4) is 0 Å². The van der Waals surface area contributed by atoms with Crippen molar-refractivity contribution >= 4 is 11.6 Å². The maximum absolute atomic E-state index is 13.7. The quantitative estimate of drug-likeness (QED) is 0.730. The number of nitrogens with one attached hydrogen (secondary N) is 1. The van der Waals surface area contributed by atoms with Crippen LogP contribution in [-0.4, -0.2) is 18.3 Å². The topological polar surface area (TPSA) is 41.5 Å². The molecule has 0 saturated carbocycles. The summed E-state index contributed by atoms with van der Waals surface area (Å²) in [5, 5.41) is 12.3. The average Bonchev–Trinajstić information content (AvgIpc) is 2.52. The van der Waals surface area contributed by atoms with Gasteiger partial charge in [0, 0.05) is 18.7 Å².